The Morgan fingerprint density at radius 2 is 1.80 bits per heavy atom. The van der Waals surface area contributed by atoms with E-state index < -0.39 is 0 Å². The second-order valence-corrected chi connectivity index (χ2v) is 4.93. The summed E-state index contributed by atoms with van der Waals surface area (Å²) in [5, 5.41) is 0. The predicted molar refractivity (Wildman–Crippen MR) is 82.6 cm³/mol. The van der Waals surface area contributed by atoms with E-state index in [1.807, 2.05) is 37.3 Å². The summed E-state index contributed by atoms with van der Waals surface area (Å²) in [6.45, 7) is 6.81. The molecule has 0 atom stereocenters. The van der Waals surface area contributed by atoms with Crippen molar-refractivity contribution in [3.05, 3.63) is 48.0 Å². The van der Waals surface area contributed by atoms with Crippen LogP contribution in [0.2, 0.25) is 0 Å². The Kier molecular flexibility index (Phi) is 4.51. The summed E-state index contributed by atoms with van der Waals surface area (Å²) in [5.74, 6) is 2.67. The zero-order valence-corrected chi connectivity index (χ0v) is 12.2. The third kappa shape index (κ3) is 3.23. The van der Waals surface area contributed by atoms with Crippen molar-refractivity contribution in [2.24, 2.45) is 0 Å². The zero-order chi connectivity index (χ0) is 14.5. The third-order valence-corrected chi connectivity index (χ3v) is 3.05. The quantitative estimate of drug-likeness (QED) is 0.809. The monoisotopic (exact) mass is 271 g/mol. The van der Waals surface area contributed by atoms with Gasteiger partial charge < -0.3 is 15.2 Å². The van der Waals surface area contributed by atoms with Crippen molar-refractivity contribution >= 4 is 5.69 Å². The molecule has 0 amide bonds. The van der Waals surface area contributed by atoms with E-state index in [-0.39, 0.29) is 0 Å². The van der Waals surface area contributed by atoms with Gasteiger partial charge in [0.25, 0.3) is 0 Å². The molecule has 0 aromatic heterocycles. The molecule has 20 heavy (non-hydrogen) atoms. The van der Waals surface area contributed by atoms with Gasteiger partial charge in [0.2, 0.25) is 0 Å². The fourth-order valence-electron chi connectivity index (χ4n) is 2.04. The van der Waals surface area contributed by atoms with E-state index in [4.69, 9.17) is 15.2 Å². The second-order valence-electron chi connectivity index (χ2n) is 4.93. The van der Waals surface area contributed by atoms with Gasteiger partial charge in [0.15, 0.2) is 0 Å². The first-order valence-corrected chi connectivity index (χ1v) is 6.91. The number of rotatable bonds is 5. The summed E-state index contributed by atoms with van der Waals surface area (Å²) in [6, 6.07) is 13.6. The van der Waals surface area contributed by atoms with E-state index in [9.17, 15) is 0 Å². The lowest BCUT2D eigenvalue weighted by Gasteiger charge is -2.15. The van der Waals surface area contributed by atoms with Crippen LogP contribution < -0.4 is 15.2 Å². The van der Waals surface area contributed by atoms with E-state index in [2.05, 4.69) is 19.9 Å². The molecule has 0 unspecified atom stereocenters. The highest BCUT2D eigenvalue weighted by molar-refractivity contribution is 5.56. The van der Waals surface area contributed by atoms with Gasteiger partial charge in [-0.05, 0) is 36.6 Å². The molecule has 0 fully saturated rings. The standard InChI is InChI=1S/C17H21NO2/c1-4-19-17-11-13(9-10-15(17)18)20-16-8-6-5-7-14(16)12(2)3/h5-12H,4,18H2,1-3H3. The average Bonchev–Trinajstić information content (AvgIpc) is 2.43. The number of anilines is 1. The minimum atomic E-state index is 0.409. The number of hydrogen-bond donors (Lipinski definition) is 1. The summed E-state index contributed by atoms with van der Waals surface area (Å²) in [4.78, 5) is 0. The SMILES string of the molecule is CCOc1cc(Oc2ccccc2C(C)C)ccc1N. The topological polar surface area (TPSA) is 44.5 Å². The molecule has 2 aromatic carbocycles. The lowest BCUT2D eigenvalue weighted by molar-refractivity contribution is 0.340. The van der Waals surface area contributed by atoms with Gasteiger partial charge in [0.1, 0.15) is 17.2 Å². The number of nitrogens with two attached hydrogens (primary N) is 1. The lowest BCUT2D eigenvalue weighted by Crippen LogP contribution is -1.98. The van der Waals surface area contributed by atoms with Crippen molar-refractivity contribution in [3.8, 4) is 17.2 Å². The number of hydrogen-bond acceptors (Lipinski definition) is 3. The first kappa shape index (κ1) is 14.3. The molecule has 0 aliphatic heterocycles. The largest absolute Gasteiger partial charge is 0.492 e. The number of benzene rings is 2. The molecule has 0 spiro atoms. The van der Waals surface area contributed by atoms with E-state index >= 15 is 0 Å². The molecule has 0 bridgehead atoms. The van der Waals surface area contributed by atoms with Crippen molar-refractivity contribution in [2.75, 3.05) is 12.3 Å². The van der Waals surface area contributed by atoms with Crippen LogP contribution in [-0.2, 0) is 0 Å². The lowest BCUT2D eigenvalue weighted by atomic mass is 10.0. The first-order valence-electron chi connectivity index (χ1n) is 6.91. The van der Waals surface area contributed by atoms with Crippen LogP contribution in [0.25, 0.3) is 0 Å². The van der Waals surface area contributed by atoms with Crippen LogP contribution in [0.1, 0.15) is 32.3 Å². The Morgan fingerprint density at radius 1 is 1.05 bits per heavy atom. The van der Waals surface area contributed by atoms with Crippen LogP contribution >= 0.6 is 0 Å². The fraction of sp³-hybridized carbons (Fsp3) is 0.294. The van der Waals surface area contributed by atoms with Crippen LogP contribution in [0.5, 0.6) is 17.2 Å². The maximum atomic E-state index is 5.98. The summed E-state index contributed by atoms with van der Waals surface area (Å²) in [7, 11) is 0. The van der Waals surface area contributed by atoms with Crippen LogP contribution in [0.4, 0.5) is 5.69 Å². The fourth-order valence-corrected chi connectivity index (χ4v) is 2.04. The highest BCUT2D eigenvalue weighted by atomic mass is 16.5. The van der Waals surface area contributed by atoms with E-state index in [0.717, 1.165) is 11.5 Å². The molecular weight excluding hydrogens is 250 g/mol. The molecule has 0 radical (unpaired) electrons. The Labute approximate surface area is 120 Å². The Hall–Kier alpha value is -2.16. The minimum absolute atomic E-state index is 0.409. The molecule has 3 nitrogen and oxygen atoms in total. The van der Waals surface area contributed by atoms with E-state index in [0.29, 0.717) is 24.0 Å². The first-order chi connectivity index (χ1) is 9.61. The average molecular weight is 271 g/mol. The maximum Gasteiger partial charge on any atom is 0.145 e. The summed E-state index contributed by atoms with van der Waals surface area (Å²) < 4.78 is 11.5. The highest BCUT2D eigenvalue weighted by Gasteiger charge is 2.09. The van der Waals surface area contributed by atoms with Gasteiger partial charge in [0.05, 0.1) is 12.3 Å². The zero-order valence-electron chi connectivity index (χ0n) is 12.2. The van der Waals surface area contributed by atoms with Crippen LogP contribution in [0.3, 0.4) is 0 Å². The van der Waals surface area contributed by atoms with Gasteiger partial charge in [-0.2, -0.15) is 0 Å². The number of para-hydroxylation sites is 1. The molecule has 3 heteroatoms. The highest BCUT2D eigenvalue weighted by Crippen LogP contribution is 2.33. The van der Waals surface area contributed by atoms with Crippen molar-refractivity contribution in [2.45, 2.75) is 26.7 Å². The predicted octanol–water partition coefficient (Wildman–Crippen LogP) is 4.58. The molecule has 2 N–H and O–H groups in total. The number of nitrogen functional groups attached to an aromatic ring is 1. The molecular formula is C17H21NO2. The maximum absolute atomic E-state index is 5.98. The Morgan fingerprint density at radius 3 is 2.50 bits per heavy atom. The van der Waals surface area contributed by atoms with Crippen molar-refractivity contribution in [3.63, 3.8) is 0 Å². The molecule has 0 aliphatic rings. The number of ether oxygens (including phenoxy) is 2. The minimum Gasteiger partial charge on any atom is -0.492 e. The molecule has 0 saturated heterocycles. The summed E-state index contributed by atoms with van der Waals surface area (Å²) in [6.07, 6.45) is 0. The third-order valence-electron chi connectivity index (χ3n) is 3.05. The van der Waals surface area contributed by atoms with Gasteiger partial charge in [-0.3, -0.25) is 0 Å². The summed E-state index contributed by atoms with van der Waals surface area (Å²) >= 11 is 0. The molecule has 0 heterocycles. The van der Waals surface area contributed by atoms with Crippen molar-refractivity contribution < 1.29 is 9.47 Å². The van der Waals surface area contributed by atoms with Gasteiger partial charge in [-0.25, -0.2) is 0 Å². The van der Waals surface area contributed by atoms with Crippen LogP contribution in [0.15, 0.2) is 42.5 Å². The van der Waals surface area contributed by atoms with E-state index in [1.165, 1.54) is 5.56 Å². The van der Waals surface area contributed by atoms with Crippen molar-refractivity contribution in [1.82, 2.24) is 0 Å². The van der Waals surface area contributed by atoms with E-state index in [1.54, 1.807) is 6.07 Å². The van der Waals surface area contributed by atoms with Crippen LogP contribution in [-0.4, -0.2) is 6.61 Å². The smallest absolute Gasteiger partial charge is 0.145 e. The molecule has 2 rings (SSSR count). The normalized spacial score (nSPS) is 10.6. The molecule has 106 valence electrons. The van der Waals surface area contributed by atoms with Crippen LogP contribution in [0, 0.1) is 0 Å². The van der Waals surface area contributed by atoms with Gasteiger partial charge in [-0.15, -0.1) is 0 Å². The molecule has 0 aliphatic carbocycles. The van der Waals surface area contributed by atoms with Gasteiger partial charge >= 0.3 is 0 Å². The molecule has 2 aromatic rings. The summed E-state index contributed by atoms with van der Waals surface area (Å²) in [5.41, 5.74) is 7.67. The molecule has 0 saturated carbocycles. The Bertz CT molecular complexity index is 579. The van der Waals surface area contributed by atoms with Gasteiger partial charge in [-0.1, -0.05) is 32.0 Å². The second kappa shape index (κ2) is 6.33. The van der Waals surface area contributed by atoms with Gasteiger partial charge in [0, 0.05) is 6.07 Å². The Balaban J connectivity index is 2.28. The van der Waals surface area contributed by atoms with Crippen molar-refractivity contribution in [1.29, 1.82) is 0 Å².